The van der Waals surface area contributed by atoms with Gasteiger partial charge in [-0.3, -0.25) is 0 Å². The maximum Gasteiger partial charge on any atom is 0.171 e. The van der Waals surface area contributed by atoms with Gasteiger partial charge >= 0.3 is 0 Å². The molecule has 0 saturated heterocycles. The van der Waals surface area contributed by atoms with E-state index in [0.29, 0.717) is 10.7 Å². The Kier molecular flexibility index (Phi) is 5.08. The molecule has 2 N–H and O–H groups in total. The Morgan fingerprint density at radius 1 is 1.00 bits per heavy atom. The number of anilines is 1. The summed E-state index contributed by atoms with van der Waals surface area (Å²) in [4.78, 5) is 0. The highest BCUT2D eigenvalue weighted by molar-refractivity contribution is 7.80. The zero-order valence-electron chi connectivity index (χ0n) is 12.7. The molecule has 0 spiro atoms. The first-order valence-electron chi connectivity index (χ1n) is 6.96. The minimum atomic E-state index is -0.862. The zero-order valence-corrected chi connectivity index (χ0v) is 13.5. The molecular formula is C17H18F2N2S. The van der Waals surface area contributed by atoms with Crippen molar-refractivity contribution in [2.24, 2.45) is 0 Å². The molecular weight excluding hydrogens is 302 g/mol. The number of rotatable bonds is 3. The van der Waals surface area contributed by atoms with E-state index in [1.54, 1.807) is 0 Å². The normalized spacial score (nSPS) is 11.9. The average molecular weight is 320 g/mol. The maximum atomic E-state index is 13.3. The molecule has 0 unspecified atom stereocenters. The average Bonchev–Trinajstić information content (AvgIpc) is 2.45. The van der Waals surface area contributed by atoms with Gasteiger partial charge in [0.25, 0.3) is 0 Å². The summed E-state index contributed by atoms with van der Waals surface area (Å²) < 4.78 is 26.2. The molecule has 0 aliphatic heterocycles. The predicted molar refractivity (Wildman–Crippen MR) is 90.0 cm³/mol. The first-order chi connectivity index (χ1) is 10.4. The molecule has 22 heavy (non-hydrogen) atoms. The van der Waals surface area contributed by atoms with E-state index in [1.165, 1.54) is 23.3 Å². The molecule has 2 aromatic rings. The molecule has 2 nitrogen and oxygen atoms in total. The van der Waals surface area contributed by atoms with Gasteiger partial charge in [-0.25, -0.2) is 8.78 Å². The Morgan fingerprint density at radius 2 is 1.73 bits per heavy atom. The van der Waals surface area contributed by atoms with E-state index in [-0.39, 0.29) is 6.04 Å². The summed E-state index contributed by atoms with van der Waals surface area (Å²) in [5, 5.41) is 6.58. The number of thiocarbonyl (C=S) groups is 1. The molecule has 2 aromatic carbocycles. The van der Waals surface area contributed by atoms with Crippen LogP contribution in [0.2, 0.25) is 0 Å². The fraction of sp³-hybridized carbons (Fsp3) is 0.235. The van der Waals surface area contributed by atoms with Gasteiger partial charge in [-0.1, -0.05) is 12.1 Å². The number of nitrogens with one attached hydrogen (secondary N) is 2. The second kappa shape index (κ2) is 6.83. The van der Waals surface area contributed by atoms with Gasteiger partial charge in [0.15, 0.2) is 16.7 Å². The van der Waals surface area contributed by atoms with Crippen LogP contribution in [0.15, 0.2) is 36.4 Å². The summed E-state index contributed by atoms with van der Waals surface area (Å²) in [7, 11) is 0. The van der Waals surface area contributed by atoms with Crippen LogP contribution < -0.4 is 10.6 Å². The largest absolute Gasteiger partial charge is 0.356 e. The third kappa shape index (κ3) is 4.01. The standard InChI is InChI=1S/C17H18F2N2S/c1-10-4-6-14(8-11(10)2)21-17(22)20-12(3)13-5-7-15(18)16(19)9-13/h4-9,12H,1-3H3,(H2,20,21,22)/t12-/m1/s1. The fourth-order valence-electron chi connectivity index (χ4n) is 2.05. The van der Waals surface area contributed by atoms with Crippen molar-refractivity contribution in [3.8, 4) is 0 Å². The Labute approximate surface area is 134 Å². The summed E-state index contributed by atoms with van der Waals surface area (Å²) in [6.07, 6.45) is 0. The van der Waals surface area contributed by atoms with E-state index in [2.05, 4.69) is 10.6 Å². The Morgan fingerprint density at radius 3 is 2.36 bits per heavy atom. The molecule has 0 aliphatic carbocycles. The van der Waals surface area contributed by atoms with Gasteiger partial charge in [0.2, 0.25) is 0 Å². The van der Waals surface area contributed by atoms with Crippen LogP contribution in [0.5, 0.6) is 0 Å². The third-order valence-electron chi connectivity index (χ3n) is 3.56. The van der Waals surface area contributed by atoms with Crippen molar-refractivity contribution in [3.05, 3.63) is 64.7 Å². The van der Waals surface area contributed by atoms with Gasteiger partial charge in [-0.05, 0) is 73.9 Å². The number of hydrogen-bond acceptors (Lipinski definition) is 1. The van der Waals surface area contributed by atoms with Crippen LogP contribution in [0, 0.1) is 25.5 Å². The van der Waals surface area contributed by atoms with Crippen LogP contribution >= 0.6 is 12.2 Å². The summed E-state index contributed by atoms with van der Waals surface area (Å²) in [5.74, 6) is -1.72. The van der Waals surface area contributed by atoms with Crippen LogP contribution in [-0.4, -0.2) is 5.11 Å². The minimum Gasteiger partial charge on any atom is -0.356 e. The second-order valence-corrected chi connectivity index (χ2v) is 5.70. The first-order valence-corrected chi connectivity index (χ1v) is 7.37. The van der Waals surface area contributed by atoms with Crippen molar-refractivity contribution in [1.29, 1.82) is 0 Å². The number of benzene rings is 2. The lowest BCUT2D eigenvalue weighted by molar-refractivity contribution is 0.505. The molecule has 0 bridgehead atoms. The lowest BCUT2D eigenvalue weighted by atomic mass is 10.1. The highest BCUT2D eigenvalue weighted by Crippen LogP contribution is 2.17. The summed E-state index contributed by atoms with van der Waals surface area (Å²) >= 11 is 5.26. The zero-order chi connectivity index (χ0) is 16.3. The van der Waals surface area contributed by atoms with Gasteiger partial charge in [0, 0.05) is 5.69 Å². The molecule has 1 atom stereocenters. The molecule has 0 saturated carbocycles. The lowest BCUT2D eigenvalue weighted by Gasteiger charge is -2.18. The van der Waals surface area contributed by atoms with E-state index in [9.17, 15) is 8.78 Å². The summed E-state index contributed by atoms with van der Waals surface area (Å²) in [6.45, 7) is 5.91. The van der Waals surface area contributed by atoms with Crippen LogP contribution in [0.1, 0.15) is 29.7 Å². The lowest BCUT2D eigenvalue weighted by Crippen LogP contribution is -2.31. The smallest absolute Gasteiger partial charge is 0.171 e. The van der Waals surface area contributed by atoms with Crippen molar-refractivity contribution in [2.45, 2.75) is 26.8 Å². The highest BCUT2D eigenvalue weighted by Gasteiger charge is 2.10. The van der Waals surface area contributed by atoms with Crippen molar-refractivity contribution < 1.29 is 8.78 Å². The second-order valence-electron chi connectivity index (χ2n) is 5.29. The predicted octanol–water partition coefficient (Wildman–Crippen LogP) is 4.63. The van der Waals surface area contributed by atoms with Crippen molar-refractivity contribution >= 4 is 23.0 Å². The minimum absolute atomic E-state index is 0.235. The number of aryl methyl sites for hydroxylation is 2. The molecule has 2 rings (SSSR count). The van der Waals surface area contributed by atoms with Crippen molar-refractivity contribution in [3.63, 3.8) is 0 Å². The van der Waals surface area contributed by atoms with Gasteiger partial charge < -0.3 is 10.6 Å². The highest BCUT2D eigenvalue weighted by atomic mass is 32.1. The van der Waals surface area contributed by atoms with E-state index in [4.69, 9.17) is 12.2 Å². The van der Waals surface area contributed by atoms with Crippen LogP contribution in [-0.2, 0) is 0 Å². The van der Waals surface area contributed by atoms with Gasteiger partial charge in [0.05, 0.1) is 6.04 Å². The molecule has 0 radical (unpaired) electrons. The Bertz CT molecular complexity index is 701. The van der Waals surface area contributed by atoms with Crippen LogP contribution in [0.4, 0.5) is 14.5 Å². The quantitative estimate of drug-likeness (QED) is 0.806. The van der Waals surface area contributed by atoms with Crippen molar-refractivity contribution in [1.82, 2.24) is 5.32 Å². The van der Waals surface area contributed by atoms with Gasteiger partial charge in [-0.15, -0.1) is 0 Å². The maximum absolute atomic E-state index is 13.3. The molecule has 0 amide bonds. The number of hydrogen-bond donors (Lipinski definition) is 2. The molecule has 0 heterocycles. The van der Waals surface area contributed by atoms with E-state index in [0.717, 1.165) is 11.8 Å². The molecule has 5 heteroatoms. The van der Waals surface area contributed by atoms with Gasteiger partial charge in [0.1, 0.15) is 0 Å². The third-order valence-corrected chi connectivity index (χ3v) is 3.78. The molecule has 116 valence electrons. The monoisotopic (exact) mass is 320 g/mol. The SMILES string of the molecule is Cc1ccc(NC(=S)N[C@H](C)c2ccc(F)c(F)c2)cc1C. The van der Waals surface area contributed by atoms with E-state index in [1.807, 2.05) is 39.0 Å². The topological polar surface area (TPSA) is 24.1 Å². The fourth-order valence-corrected chi connectivity index (χ4v) is 2.34. The number of halogens is 2. The van der Waals surface area contributed by atoms with E-state index < -0.39 is 11.6 Å². The Hall–Kier alpha value is -2.01. The van der Waals surface area contributed by atoms with E-state index >= 15 is 0 Å². The van der Waals surface area contributed by atoms with Crippen LogP contribution in [0.25, 0.3) is 0 Å². The summed E-state index contributed by atoms with van der Waals surface area (Å²) in [6, 6.07) is 9.55. The molecule has 0 aromatic heterocycles. The first kappa shape index (κ1) is 16.4. The summed E-state index contributed by atoms with van der Waals surface area (Å²) in [5.41, 5.74) is 3.89. The van der Waals surface area contributed by atoms with Gasteiger partial charge in [-0.2, -0.15) is 0 Å². The van der Waals surface area contributed by atoms with Crippen molar-refractivity contribution in [2.75, 3.05) is 5.32 Å². The molecule has 0 fully saturated rings. The Balaban J connectivity index is 2.01. The molecule has 0 aliphatic rings. The van der Waals surface area contributed by atoms with Crippen LogP contribution in [0.3, 0.4) is 0 Å².